The molecule has 4 heterocycles. The Morgan fingerprint density at radius 2 is 2.00 bits per heavy atom. The minimum Gasteiger partial charge on any atom is -0.340 e. The van der Waals surface area contributed by atoms with E-state index in [1.54, 1.807) is 0 Å². The lowest BCUT2D eigenvalue weighted by Crippen LogP contribution is -2.45. The third-order valence-electron chi connectivity index (χ3n) is 4.97. The first-order valence-electron chi connectivity index (χ1n) is 8.10. The zero-order chi connectivity index (χ0) is 14.8. The molecule has 2 fully saturated rings. The van der Waals surface area contributed by atoms with Crippen molar-refractivity contribution in [2.24, 2.45) is 5.41 Å². The lowest BCUT2D eigenvalue weighted by atomic mass is 9.79. The van der Waals surface area contributed by atoms with Gasteiger partial charge in [0.1, 0.15) is 0 Å². The summed E-state index contributed by atoms with van der Waals surface area (Å²) < 4.78 is 0. The van der Waals surface area contributed by atoms with Crippen molar-refractivity contribution in [1.29, 1.82) is 0 Å². The van der Waals surface area contributed by atoms with Crippen molar-refractivity contribution in [2.75, 3.05) is 31.1 Å². The van der Waals surface area contributed by atoms with E-state index in [-0.39, 0.29) is 0 Å². The average molecular weight is 314 g/mol. The molecule has 0 N–H and O–H groups in total. The van der Waals surface area contributed by atoms with Gasteiger partial charge in [-0.2, -0.15) is 0 Å². The van der Waals surface area contributed by atoms with Crippen molar-refractivity contribution in [3.05, 3.63) is 40.8 Å². The van der Waals surface area contributed by atoms with E-state index in [1.807, 2.05) is 29.8 Å². The Morgan fingerprint density at radius 3 is 2.82 bits per heavy atom. The molecule has 0 bridgehead atoms. The van der Waals surface area contributed by atoms with Gasteiger partial charge in [0.25, 0.3) is 0 Å². The molecule has 2 aliphatic heterocycles. The predicted molar refractivity (Wildman–Crippen MR) is 90.1 cm³/mol. The summed E-state index contributed by atoms with van der Waals surface area (Å²) in [7, 11) is 0. The van der Waals surface area contributed by atoms with Crippen LogP contribution in [-0.4, -0.2) is 41.0 Å². The second kappa shape index (κ2) is 5.97. The smallest absolute Gasteiger partial charge is 0.225 e. The van der Waals surface area contributed by atoms with Gasteiger partial charge in [-0.25, -0.2) is 9.97 Å². The minimum absolute atomic E-state index is 0.439. The first-order chi connectivity index (χ1) is 10.8. The maximum atomic E-state index is 4.44. The highest BCUT2D eigenvalue weighted by molar-refractivity contribution is 7.09. The highest BCUT2D eigenvalue weighted by atomic mass is 32.1. The van der Waals surface area contributed by atoms with Crippen molar-refractivity contribution in [2.45, 2.75) is 25.8 Å². The first kappa shape index (κ1) is 14.2. The fourth-order valence-corrected chi connectivity index (χ4v) is 4.70. The van der Waals surface area contributed by atoms with Crippen LogP contribution in [0.4, 0.5) is 5.95 Å². The molecular formula is C17H22N4S. The fourth-order valence-electron chi connectivity index (χ4n) is 3.95. The van der Waals surface area contributed by atoms with Crippen LogP contribution in [0, 0.1) is 5.41 Å². The molecule has 2 aliphatic rings. The number of hydrogen-bond acceptors (Lipinski definition) is 5. The van der Waals surface area contributed by atoms with E-state index in [0.29, 0.717) is 5.41 Å². The zero-order valence-corrected chi connectivity index (χ0v) is 13.6. The molecule has 4 nitrogen and oxygen atoms in total. The van der Waals surface area contributed by atoms with E-state index in [4.69, 9.17) is 0 Å². The molecule has 0 aliphatic carbocycles. The SMILES string of the molecule is c1cnc(N2CCC[C@@]3(CCN(Cc4cccs4)C3)C2)nc1. The Labute approximate surface area is 135 Å². The maximum absolute atomic E-state index is 4.44. The molecule has 1 atom stereocenters. The lowest BCUT2D eigenvalue weighted by Gasteiger charge is -2.40. The maximum Gasteiger partial charge on any atom is 0.225 e. The molecule has 1 spiro atoms. The number of nitrogens with zero attached hydrogens (tertiary/aromatic N) is 4. The molecule has 2 aromatic rings. The van der Waals surface area contributed by atoms with Gasteiger partial charge in [-0.3, -0.25) is 4.90 Å². The summed E-state index contributed by atoms with van der Waals surface area (Å²) in [6.45, 7) is 5.76. The monoisotopic (exact) mass is 314 g/mol. The van der Waals surface area contributed by atoms with E-state index >= 15 is 0 Å². The molecular weight excluding hydrogens is 292 g/mol. The molecule has 2 saturated heterocycles. The number of rotatable bonds is 3. The fraction of sp³-hybridized carbons (Fsp3) is 0.529. The average Bonchev–Trinajstić information content (AvgIpc) is 3.20. The number of hydrogen-bond donors (Lipinski definition) is 0. The summed E-state index contributed by atoms with van der Waals surface area (Å²) in [5, 5.41) is 2.18. The van der Waals surface area contributed by atoms with Crippen LogP contribution in [-0.2, 0) is 6.54 Å². The molecule has 5 heteroatoms. The van der Waals surface area contributed by atoms with Gasteiger partial charge in [-0.1, -0.05) is 6.07 Å². The van der Waals surface area contributed by atoms with Crippen LogP contribution >= 0.6 is 11.3 Å². The number of anilines is 1. The Bertz CT molecular complexity index is 600. The second-order valence-electron chi connectivity index (χ2n) is 6.61. The van der Waals surface area contributed by atoms with Gasteiger partial charge in [0.15, 0.2) is 0 Å². The first-order valence-corrected chi connectivity index (χ1v) is 8.98. The van der Waals surface area contributed by atoms with Gasteiger partial charge in [-0.15, -0.1) is 11.3 Å². The van der Waals surface area contributed by atoms with Crippen LogP contribution in [0.15, 0.2) is 36.0 Å². The van der Waals surface area contributed by atoms with Gasteiger partial charge >= 0.3 is 0 Å². The molecule has 0 saturated carbocycles. The second-order valence-corrected chi connectivity index (χ2v) is 7.65. The van der Waals surface area contributed by atoms with Crippen LogP contribution in [0.2, 0.25) is 0 Å². The summed E-state index contributed by atoms with van der Waals surface area (Å²) in [5.74, 6) is 0.901. The van der Waals surface area contributed by atoms with E-state index in [9.17, 15) is 0 Å². The highest BCUT2D eigenvalue weighted by Crippen LogP contribution is 2.40. The molecule has 116 valence electrons. The summed E-state index contributed by atoms with van der Waals surface area (Å²) >= 11 is 1.87. The largest absolute Gasteiger partial charge is 0.340 e. The number of likely N-dealkylation sites (tertiary alicyclic amines) is 1. The van der Waals surface area contributed by atoms with Crippen molar-refractivity contribution in [3.63, 3.8) is 0 Å². The summed E-state index contributed by atoms with van der Waals surface area (Å²) in [4.78, 5) is 15.4. The Morgan fingerprint density at radius 1 is 1.09 bits per heavy atom. The lowest BCUT2D eigenvalue weighted by molar-refractivity contribution is 0.216. The van der Waals surface area contributed by atoms with Crippen molar-refractivity contribution in [1.82, 2.24) is 14.9 Å². The van der Waals surface area contributed by atoms with Crippen LogP contribution in [0.25, 0.3) is 0 Å². The van der Waals surface area contributed by atoms with Gasteiger partial charge in [0.05, 0.1) is 0 Å². The molecule has 2 aromatic heterocycles. The highest BCUT2D eigenvalue weighted by Gasteiger charge is 2.41. The normalized spacial score (nSPS) is 25.9. The van der Waals surface area contributed by atoms with E-state index < -0.39 is 0 Å². The van der Waals surface area contributed by atoms with Gasteiger partial charge in [0.2, 0.25) is 5.95 Å². The Hall–Kier alpha value is -1.46. The number of aromatic nitrogens is 2. The minimum atomic E-state index is 0.439. The number of piperidine rings is 1. The summed E-state index contributed by atoms with van der Waals surface area (Å²) in [6, 6.07) is 6.29. The number of thiophene rings is 1. The van der Waals surface area contributed by atoms with Crippen molar-refractivity contribution >= 4 is 17.3 Å². The molecule has 0 aromatic carbocycles. The topological polar surface area (TPSA) is 32.3 Å². The Balaban J connectivity index is 1.43. The third-order valence-corrected chi connectivity index (χ3v) is 5.83. The van der Waals surface area contributed by atoms with Gasteiger partial charge < -0.3 is 4.90 Å². The van der Waals surface area contributed by atoms with E-state index in [1.165, 1.54) is 37.2 Å². The summed E-state index contributed by atoms with van der Waals surface area (Å²) in [5.41, 5.74) is 0.439. The predicted octanol–water partition coefficient (Wildman–Crippen LogP) is 3.03. The molecule has 22 heavy (non-hydrogen) atoms. The molecule has 0 radical (unpaired) electrons. The third kappa shape index (κ3) is 2.88. The van der Waals surface area contributed by atoms with Crippen LogP contribution in [0.1, 0.15) is 24.1 Å². The standard InChI is InChI=1S/C17H22N4S/c1-4-15(22-11-1)12-20-10-6-17(13-20)5-2-9-21(14-17)16-18-7-3-8-19-16/h1,3-4,7-8,11H,2,5-6,9-10,12-14H2/t17-/m0/s1. The van der Waals surface area contributed by atoms with Crippen LogP contribution < -0.4 is 4.90 Å². The van der Waals surface area contributed by atoms with Gasteiger partial charge in [-0.05, 0) is 43.3 Å². The van der Waals surface area contributed by atoms with Crippen LogP contribution in [0.5, 0.6) is 0 Å². The van der Waals surface area contributed by atoms with E-state index in [2.05, 4.69) is 37.3 Å². The molecule has 4 rings (SSSR count). The summed E-state index contributed by atoms with van der Waals surface area (Å²) in [6.07, 6.45) is 7.60. The van der Waals surface area contributed by atoms with E-state index in [0.717, 1.165) is 25.6 Å². The quantitative estimate of drug-likeness (QED) is 0.872. The van der Waals surface area contributed by atoms with Crippen molar-refractivity contribution in [3.8, 4) is 0 Å². The zero-order valence-electron chi connectivity index (χ0n) is 12.8. The molecule has 0 unspecified atom stereocenters. The van der Waals surface area contributed by atoms with Crippen molar-refractivity contribution < 1.29 is 0 Å². The van der Waals surface area contributed by atoms with Crippen LogP contribution in [0.3, 0.4) is 0 Å². The molecule has 0 amide bonds. The van der Waals surface area contributed by atoms with Gasteiger partial charge in [0, 0.05) is 48.9 Å². The Kier molecular flexibility index (Phi) is 3.84.